The summed E-state index contributed by atoms with van der Waals surface area (Å²) in [5, 5.41) is 15.7. The zero-order valence-corrected chi connectivity index (χ0v) is 15.7. The molecule has 0 radical (unpaired) electrons. The van der Waals surface area contributed by atoms with E-state index in [1.165, 1.54) is 0 Å². The van der Waals surface area contributed by atoms with Crippen LogP contribution in [-0.4, -0.2) is 79.4 Å². The number of nitrogens with zero attached hydrogens (tertiary/aromatic N) is 2. The van der Waals surface area contributed by atoms with Gasteiger partial charge in [-0.1, -0.05) is 34.6 Å². The first kappa shape index (κ1) is 20.2. The number of amides is 2. The highest BCUT2D eigenvalue weighted by Gasteiger charge is 2.26. The van der Waals surface area contributed by atoms with Crippen LogP contribution in [0.2, 0.25) is 0 Å². The van der Waals surface area contributed by atoms with Crippen molar-refractivity contribution in [1.29, 1.82) is 0 Å². The van der Waals surface area contributed by atoms with Gasteiger partial charge in [-0.3, -0.25) is 4.90 Å². The quantitative estimate of drug-likeness (QED) is 0.679. The number of aliphatic hydroxyl groups is 1. The number of nitrogens with one attached hydrogen (secondary N) is 2. The molecular weight excluding hydrogens is 292 g/mol. The van der Waals surface area contributed by atoms with E-state index in [0.717, 1.165) is 26.2 Å². The minimum absolute atomic E-state index is 0.201. The second kappa shape index (κ2) is 8.85. The van der Waals surface area contributed by atoms with Crippen LogP contribution in [0.15, 0.2) is 0 Å². The molecule has 2 atom stereocenters. The van der Waals surface area contributed by atoms with E-state index in [1.54, 1.807) is 0 Å². The first-order valence-electron chi connectivity index (χ1n) is 8.73. The van der Waals surface area contributed by atoms with Crippen LogP contribution >= 0.6 is 0 Å². The number of urea groups is 1. The first-order valence-corrected chi connectivity index (χ1v) is 8.73. The lowest BCUT2D eigenvalue weighted by Gasteiger charge is -2.39. The van der Waals surface area contributed by atoms with Gasteiger partial charge in [-0.05, 0) is 18.4 Å². The normalized spacial score (nSPS) is 20.3. The van der Waals surface area contributed by atoms with Crippen LogP contribution in [-0.2, 0) is 0 Å². The first-order chi connectivity index (χ1) is 10.6. The average molecular weight is 329 g/mol. The summed E-state index contributed by atoms with van der Waals surface area (Å²) < 4.78 is 0. The van der Waals surface area contributed by atoms with Gasteiger partial charge >= 0.3 is 6.03 Å². The summed E-state index contributed by atoms with van der Waals surface area (Å²) in [7, 11) is 2.15. The van der Waals surface area contributed by atoms with E-state index in [4.69, 9.17) is 0 Å². The molecule has 1 heterocycles. The van der Waals surface area contributed by atoms with Crippen molar-refractivity contribution in [3.05, 3.63) is 0 Å². The number of hydrogen-bond donors (Lipinski definition) is 3. The van der Waals surface area contributed by atoms with Gasteiger partial charge in [-0.25, -0.2) is 4.79 Å². The van der Waals surface area contributed by atoms with E-state index in [2.05, 4.69) is 41.3 Å². The van der Waals surface area contributed by atoms with E-state index in [0.29, 0.717) is 18.5 Å². The molecule has 23 heavy (non-hydrogen) atoms. The number of aliphatic hydroxyl groups excluding tert-OH is 1. The Morgan fingerprint density at radius 3 is 2.09 bits per heavy atom. The fourth-order valence-corrected chi connectivity index (χ4v) is 2.70. The Kier molecular flexibility index (Phi) is 7.77. The van der Waals surface area contributed by atoms with E-state index in [-0.39, 0.29) is 18.0 Å². The van der Waals surface area contributed by atoms with Crippen LogP contribution in [0.5, 0.6) is 0 Å². The Balaban J connectivity index is 2.39. The van der Waals surface area contributed by atoms with E-state index >= 15 is 0 Å². The van der Waals surface area contributed by atoms with Gasteiger partial charge in [-0.2, -0.15) is 0 Å². The summed E-state index contributed by atoms with van der Waals surface area (Å²) in [4.78, 5) is 16.8. The van der Waals surface area contributed by atoms with Crippen LogP contribution < -0.4 is 10.6 Å². The highest BCUT2D eigenvalue weighted by molar-refractivity contribution is 5.73. The highest BCUT2D eigenvalue weighted by Crippen LogP contribution is 2.18. The van der Waals surface area contributed by atoms with E-state index in [9.17, 15) is 9.90 Å². The molecule has 0 saturated carbocycles. The molecule has 6 heteroatoms. The Morgan fingerprint density at radius 2 is 1.61 bits per heavy atom. The third-order valence-electron chi connectivity index (χ3n) is 4.70. The molecule has 1 saturated heterocycles. The standard InChI is InChI=1S/C17H36N4O2/c1-13(2)14(21-9-7-20(6)8-10-21)11-18-16(23)19-12-15(22)17(3,4)5/h13-15,22H,7-12H2,1-6H3,(H2,18,19,23). The number of likely N-dealkylation sites (N-methyl/N-ethyl adjacent to an activating group) is 1. The third-order valence-corrected chi connectivity index (χ3v) is 4.70. The molecule has 2 unspecified atom stereocenters. The second-order valence-electron chi connectivity index (χ2n) is 8.12. The molecule has 6 nitrogen and oxygen atoms in total. The molecule has 0 aromatic carbocycles. The van der Waals surface area contributed by atoms with Gasteiger partial charge in [0, 0.05) is 45.3 Å². The minimum Gasteiger partial charge on any atom is -0.391 e. The van der Waals surface area contributed by atoms with Crippen LogP contribution in [0.25, 0.3) is 0 Å². The minimum atomic E-state index is -0.549. The van der Waals surface area contributed by atoms with E-state index in [1.807, 2.05) is 20.8 Å². The van der Waals surface area contributed by atoms with Crippen molar-refractivity contribution in [3.8, 4) is 0 Å². The van der Waals surface area contributed by atoms with Crippen molar-refractivity contribution in [3.63, 3.8) is 0 Å². The van der Waals surface area contributed by atoms with Gasteiger partial charge in [0.1, 0.15) is 0 Å². The summed E-state index contributed by atoms with van der Waals surface area (Å²) in [5.74, 6) is 0.485. The van der Waals surface area contributed by atoms with Crippen molar-refractivity contribution in [2.24, 2.45) is 11.3 Å². The van der Waals surface area contributed by atoms with Crippen LogP contribution in [0.1, 0.15) is 34.6 Å². The largest absolute Gasteiger partial charge is 0.391 e. The number of piperazine rings is 1. The Bertz CT molecular complexity index is 360. The Morgan fingerprint density at radius 1 is 1.09 bits per heavy atom. The van der Waals surface area contributed by atoms with Gasteiger partial charge < -0.3 is 20.6 Å². The molecule has 0 aromatic rings. The summed E-state index contributed by atoms with van der Waals surface area (Å²) in [5.41, 5.74) is -0.229. The predicted octanol–water partition coefficient (Wildman–Crippen LogP) is 0.965. The van der Waals surface area contributed by atoms with Gasteiger partial charge in [0.2, 0.25) is 0 Å². The molecule has 2 amide bonds. The maximum absolute atomic E-state index is 12.0. The van der Waals surface area contributed by atoms with Crippen LogP contribution in [0.4, 0.5) is 4.79 Å². The number of carbonyl (C=O) groups is 1. The molecule has 1 aliphatic rings. The summed E-state index contributed by atoms with van der Waals surface area (Å²) in [6.45, 7) is 15.4. The van der Waals surface area contributed by atoms with Gasteiger partial charge in [0.15, 0.2) is 0 Å². The zero-order valence-electron chi connectivity index (χ0n) is 15.7. The van der Waals surface area contributed by atoms with Crippen molar-refractivity contribution in [2.75, 3.05) is 46.3 Å². The van der Waals surface area contributed by atoms with Gasteiger partial charge in [-0.15, -0.1) is 0 Å². The molecule has 1 rings (SSSR count). The molecule has 0 aliphatic carbocycles. The number of rotatable bonds is 6. The molecule has 1 aliphatic heterocycles. The Hall–Kier alpha value is -0.850. The number of hydrogen-bond acceptors (Lipinski definition) is 4. The lowest BCUT2D eigenvalue weighted by atomic mass is 9.89. The zero-order chi connectivity index (χ0) is 17.6. The SMILES string of the molecule is CC(C)C(CNC(=O)NCC(O)C(C)(C)C)N1CCN(C)CC1. The third kappa shape index (κ3) is 7.06. The van der Waals surface area contributed by atoms with Crippen molar-refractivity contribution in [2.45, 2.75) is 46.8 Å². The van der Waals surface area contributed by atoms with Crippen molar-refractivity contribution < 1.29 is 9.90 Å². The van der Waals surface area contributed by atoms with Crippen molar-refractivity contribution >= 4 is 6.03 Å². The predicted molar refractivity (Wildman–Crippen MR) is 94.6 cm³/mol. The second-order valence-corrected chi connectivity index (χ2v) is 8.12. The fourth-order valence-electron chi connectivity index (χ4n) is 2.70. The fraction of sp³-hybridized carbons (Fsp3) is 0.941. The van der Waals surface area contributed by atoms with Gasteiger partial charge in [0.25, 0.3) is 0 Å². The summed E-state index contributed by atoms with van der Waals surface area (Å²) >= 11 is 0. The summed E-state index contributed by atoms with van der Waals surface area (Å²) in [6, 6.07) is 0.148. The van der Waals surface area contributed by atoms with Crippen LogP contribution in [0.3, 0.4) is 0 Å². The van der Waals surface area contributed by atoms with Crippen molar-refractivity contribution in [1.82, 2.24) is 20.4 Å². The average Bonchev–Trinajstić information content (AvgIpc) is 2.45. The van der Waals surface area contributed by atoms with Crippen LogP contribution in [0, 0.1) is 11.3 Å². The lowest BCUT2D eigenvalue weighted by molar-refractivity contribution is 0.0645. The topological polar surface area (TPSA) is 67.8 Å². The smallest absolute Gasteiger partial charge is 0.314 e. The van der Waals surface area contributed by atoms with E-state index < -0.39 is 6.10 Å². The molecule has 3 N–H and O–H groups in total. The molecule has 0 aromatic heterocycles. The summed E-state index contributed by atoms with van der Waals surface area (Å²) in [6.07, 6.45) is -0.549. The molecular formula is C17H36N4O2. The molecule has 1 fully saturated rings. The maximum atomic E-state index is 12.0. The monoisotopic (exact) mass is 328 g/mol. The Labute approximate surface area is 141 Å². The molecule has 0 bridgehead atoms. The molecule has 0 spiro atoms. The maximum Gasteiger partial charge on any atom is 0.314 e. The lowest BCUT2D eigenvalue weighted by Crippen LogP contribution is -2.55. The number of carbonyl (C=O) groups excluding carboxylic acids is 1. The highest BCUT2D eigenvalue weighted by atomic mass is 16.3. The van der Waals surface area contributed by atoms with Gasteiger partial charge in [0.05, 0.1) is 6.10 Å². The molecule has 136 valence electrons.